The zero-order chi connectivity index (χ0) is 23.4. The second-order valence-electron chi connectivity index (χ2n) is 8.16. The zero-order valence-corrected chi connectivity index (χ0v) is 19.1. The summed E-state index contributed by atoms with van der Waals surface area (Å²) in [5.74, 6) is 0.374. The van der Waals surface area contributed by atoms with Gasteiger partial charge in [-0.25, -0.2) is 4.79 Å². The standard InChI is InChI=1S/C26H26ClN3O3/c1-29-25(31)20-8-17(14-28)7-18(9-20)23-13-24(23)19-10-21(27)12-22(11-19)30-26(32)33-15-16-5-3-2-4-6-16/h2-12,23-24H,13-15,28H2,1H3,(H,29,31)(H,30,32)/t23-,24-/m0/s1. The van der Waals surface area contributed by atoms with Gasteiger partial charge in [0.1, 0.15) is 6.61 Å². The molecule has 3 aromatic rings. The van der Waals surface area contributed by atoms with Gasteiger partial charge in [-0.05, 0) is 70.8 Å². The molecule has 0 heterocycles. The van der Waals surface area contributed by atoms with Gasteiger partial charge in [0.15, 0.2) is 0 Å². The number of hydrogen-bond acceptors (Lipinski definition) is 4. The molecule has 0 aliphatic heterocycles. The molecule has 2 atom stereocenters. The summed E-state index contributed by atoms with van der Waals surface area (Å²) in [4.78, 5) is 24.4. The van der Waals surface area contributed by atoms with Crippen LogP contribution >= 0.6 is 11.6 Å². The van der Waals surface area contributed by atoms with Crippen LogP contribution in [0.5, 0.6) is 0 Å². The van der Waals surface area contributed by atoms with Crippen LogP contribution in [0.15, 0.2) is 66.7 Å². The highest BCUT2D eigenvalue weighted by Gasteiger charge is 2.40. The van der Waals surface area contributed by atoms with Crippen molar-refractivity contribution in [3.63, 3.8) is 0 Å². The molecule has 1 aliphatic rings. The van der Waals surface area contributed by atoms with Gasteiger partial charge in [0.2, 0.25) is 0 Å². The maximum Gasteiger partial charge on any atom is 0.411 e. The fourth-order valence-electron chi connectivity index (χ4n) is 4.03. The average Bonchev–Trinajstić information content (AvgIpc) is 3.63. The zero-order valence-electron chi connectivity index (χ0n) is 18.3. The molecule has 0 aromatic heterocycles. The molecule has 1 fully saturated rings. The van der Waals surface area contributed by atoms with Crippen molar-refractivity contribution in [2.45, 2.75) is 31.4 Å². The molecule has 0 saturated heterocycles. The molecule has 33 heavy (non-hydrogen) atoms. The van der Waals surface area contributed by atoms with Gasteiger partial charge in [-0.1, -0.05) is 48.0 Å². The van der Waals surface area contributed by atoms with Crippen LogP contribution in [-0.2, 0) is 17.9 Å². The van der Waals surface area contributed by atoms with E-state index in [1.165, 1.54) is 0 Å². The van der Waals surface area contributed by atoms with Gasteiger partial charge in [0.25, 0.3) is 5.91 Å². The summed E-state index contributed by atoms with van der Waals surface area (Å²) in [6, 6.07) is 20.8. The van der Waals surface area contributed by atoms with Gasteiger partial charge < -0.3 is 15.8 Å². The molecule has 1 saturated carbocycles. The van der Waals surface area contributed by atoms with Crippen LogP contribution in [0.25, 0.3) is 0 Å². The smallest absolute Gasteiger partial charge is 0.411 e. The second-order valence-corrected chi connectivity index (χ2v) is 8.59. The Morgan fingerprint density at radius 1 is 1.00 bits per heavy atom. The van der Waals surface area contributed by atoms with Crippen LogP contribution in [0, 0.1) is 0 Å². The minimum Gasteiger partial charge on any atom is -0.444 e. The molecule has 0 bridgehead atoms. The lowest BCUT2D eigenvalue weighted by molar-refractivity contribution is 0.0963. The van der Waals surface area contributed by atoms with E-state index < -0.39 is 6.09 Å². The summed E-state index contributed by atoms with van der Waals surface area (Å²) >= 11 is 6.34. The van der Waals surface area contributed by atoms with Crippen LogP contribution in [0.4, 0.5) is 10.5 Å². The summed E-state index contributed by atoms with van der Waals surface area (Å²) in [6.45, 7) is 0.557. The maximum absolute atomic E-state index is 12.3. The van der Waals surface area contributed by atoms with E-state index >= 15 is 0 Å². The molecule has 3 aromatic carbocycles. The van der Waals surface area contributed by atoms with E-state index in [0.717, 1.165) is 28.7 Å². The second kappa shape index (κ2) is 10.1. The van der Waals surface area contributed by atoms with Gasteiger partial charge in [-0.15, -0.1) is 0 Å². The van der Waals surface area contributed by atoms with Crippen molar-refractivity contribution in [3.8, 4) is 0 Å². The van der Waals surface area contributed by atoms with Crippen molar-refractivity contribution in [1.82, 2.24) is 5.32 Å². The Bertz CT molecular complexity index is 1170. The first-order valence-corrected chi connectivity index (χ1v) is 11.2. The van der Waals surface area contributed by atoms with Crippen LogP contribution < -0.4 is 16.4 Å². The first-order chi connectivity index (χ1) is 16.0. The minimum atomic E-state index is -0.537. The highest BCUT2D eigenvalue weighted by Crippen LogP contribution is 2.55. The van der Waals surface area contributed by atoms with E-state index in [-0.39, 0.29) is 24.3 Å². The number of carbonyl (C=O) groups is 2. The number of anilines is 1. The van der Waals surface area contributed by atoms with Crippen LogP contribution in [0.1, 0.15) is 50.9 Å². The Labute approximate surface area is 198 Å². The molecule has 4 rings (SSSR count). The lowest BCUT2D eigenvalue weighted by atomic mass is 9.99. The van der Waals surface area contributed by atoms with Crippen molar-refractivity contribution in [1.29, 1.82) is 0 Å². The number of nitrogens with two attached hydrogens (primary N) is 1. The van der Waals surface area contributed by atoms with Gasteiger partial charge in [-0.3, -0.25) is 10.1 Å². The molecule has 2 amide bonds. The van der Waals surface area contributed by atoms with Crippen LogP contribution in [0.3, 0.4) is 0 Å². The Balaban J connectivity index is 1.45. The number of benzene rings is 3. The Kier molecular flexibility index (Phi) is 6.96. The third kappa shape index (κ3) is 5.72. The van der Waals surface area contributed by atoms with Crippen molar-refractivity contribution >= 4 is 29.3 Å². The summed E-state index contributed by atoms with van der Waals surface area (Å²) in [6.07, 6.45) is 0.393. The van der Waals surface area contributed by atoms with Crippen molar-refractivity contribution < 1.29 is 14.3 Å². The number of nitrogens with one attached hydrogen (secondary N) is 2. The Hall–Kier alpha value is -3.35. The molecule has 6 nitrogen and oxygen atoms in total. The summed E-state index contributed by atoms with van der Waals surface area (Å²) < 4.78 is 5.31. The summed E-state index contributed by atoms with van der Waals surface area (Å²) in [7, 11) is 1.61. The van der Waals surface area contributed by atoms with E-state index in [9.17, 15) is 9.59 Å². The minimum absolute atomic E-state index is 0.132. The van der Waals surface area contributed by atoms with E-state index in [2.05, 4.69) is 16.7 Å². The van der Waals surface area contributed by atoms with Gasteiger partial charge in [-0.2, -0.15) is 0 Å². The number of amides is 2. The molecule has 1 aliphatic carbocycles. The quantitative estimate of drug-likeness (QED) is 0.450. The predicted octanol–water partition coefficient (Wildman–Crippen LogP) is 5.18. The molecule has 0 spiro atoms. The summed E-state index contributed by atoms with van der Waals surface area (Å²) in [5, 5.41) is 5.97. The van der Waals surface area contributed by atoms with Crippen molar-refractivity contribution in [3.05, 3.63) is 99.6 Å². The summed E-state index contributed by atoms with van der Waals surface area (Å²) in [5.41, 5.74) is 11.0. The lowest BCUT2D eigenvalue weighted by Crippen LogP contribution is -2.18. The van der Waals surface area contributed by atoms with Crippen LogP contribution in [-0.4, -0.2) is 19.0 Å². The predicted molar refractivity (Wildman–Crippen MR) is 130 cm³/mol. The first kappa shape index (κ1) is 22.8. The van der Waals surface area contributed by atoms with Gasteiger partial charge in [0.05, 0.1) is 0 Å². The number of halogens is 1. The number of hydrogen-bond donors (Lipinski definition) is 3. The van der Waals surface area contributed by atoms with E-state index in [1.807, 2.05) is 54.6 Å². The number of ether oxygens (including phenoxy) is 1. The fourth-order valence-corrected chi connectivity index (χ4v) is 4.28. The monoisotopic (exact) mass is 463 g/mol. The lowest BCUT2D eigenvalue weighted by Gasteiger charge is -2.11. The van der Waals surface area contributed by atoms with E-state index in [1.54, 1.807) is 13.1 Å². The Morgan fingerprint density at radius 2 is 1.73 bits per heavy atom. The molecule has 170 valence electrons. The first-order valence-electron chi connectivity index (χ1n) is 10.8. The van der Waals surface area contributed by atoms with Crippen LogP contribution in [0.2, 0.25) is 5.02 Å². The SMILES string of the molecule is CNC(=O)c1cc(CN)cc([C@@H]2C[C@H]2c2cc(Cl)cc(NC(=O)OCc3ccccc3)c2)c1. The third-order valence-electron chi connectivity index (χ3n) is 5.77. The maximum atomic E-state index is 12.3. The topological polar surface area (TPSA) is 93.5 Å². The highest BCUT2D eigenvalue weighted by atomic mass is 35.5. The van der Waals surface area contributed by atoms with E-state index in [4.69, 9.17) is 22.1 Å². The Morgan fingerprint density at radius 3 is 2.42 bits per heavy atom. The average molecular weight is 464 g/mol. The normalized spacial score (nSPS) is 16.7. The van der Waals surface area contributed by atoms with Crippen molar-refractivity contribution in [2.75, 3.05) is 12.4 Å². The number of rotatable bonds is 7. The van der Waals surface area contributed by atoms with Gasteiger partial charge >= 0.3 is 6.09 Å². The fraction of sp³-hybridized carbons (Fsp3) is 0.231. The van der Waals surface area contributed by atoms with E-state index in [0.29, 0.717) is 22.8 Å². The molecule has 7 heteroatoms. The largest absolute Gasteiger partial charge is 0.444 e. The molecular formula is C26H26ClN3O3. The molecule has 0 unspecified atom stereocenters. The van der Waals surface area contributed by atoms with Gasteiger partial charge in [0, 0.05) is 29.9 Å². The molecular weight excluding hydrogens is 438 g/mol. The molecule has 4 N–H and O–H groups in total. The molecule has 0 radical (unpaired) electrons. The highest BCUT2D eigenvalue weighted by molar-refractivity contribution is 6.31. The third-order valence-corrected chi connectivity index (χ3v) is 5.98. The number of carbonyl (C=O) groups excluding carboxylic acids is 2. The van der Waals surface area contributed by atoms with Crippen molar-refractivity contribution in [2.24, 2.45) is 5.73 Å².